The Hall–Kier alpha value is -1.26. The van der Waals surface area contributed by atoms with E-state index in [0.717, 1.165) is 5.56 Å². The Kier molecular flexibility index (Phi) is 4.22. The first-order chi connectivity index (χ1) is 6.74. The number of nitrogens with one attached hydrogen (secondary N) is 2. The van der Waals surface area contributed by atoms with Crippen LogP contribution in [0.4, 0.5) is 4.79 Å². The van der Waals surface area contributed by atoms with E-state index in [9.17, 15) is 4.79 Å². The van der Waals surface area contributed by atoms with Crippen LogP contribution in [-0.2, 0) is 6.42 Å². The molecule has 0 saturated heterocycles. The first-order valence-corrected chi connectivity index (χ1v) is 4.59. The van der Waals surface area contributed by atoms with Gasteiger partial charge in [0.15, 0.2) is 0 Å². The summed E-state index contributed by atoms with van der Waals surface area (Å²) in [7, 11) is 0. The lowest BCUT2D eigenvalue weighted by Crippen LogP contribution is -2.40. The SMILES string of the molecule is NNC(=O)NCCc1ccccc1Cl. The Morgan fingerprint density at radius 1 is 1.43 bits per heavy atom. The first kappa shape index (κ1) is 10.8. The lowest BCUT2D eigenvalue weighted by molar-refractivity contribution is 0.241. The molecule has 4 nitrogen and oxygen atoms in total. The van der Waals surface area contributed by atoms with Crippen molar-refractivity contribution in [3.63, 3.8) is 0 Å². The van der Waals surface area contributed by atoms with E-state index in [4.69, 9.17) is 17.4 Å². The fourth-order valence-corrected chi connectivity index (χ4v) is 1.29. The van der Waals surface area contributed by atoms with E-state index < -0.39 is 6.03 Å². The van der Waals surface area contributed by atoms with Crippen LogP contribution in [0.15, 0.2) is 24.3 Å². The van der Waals surface area contributed by atoms with Gasteiger partial charge in [-0.3, -0.25) is 5.43 Å². The van der Waals surface area contributed by atoms with Crippen LogP contribution in [0.25, 0.3) is 0 Å². The quantitative estimate of drug-likeness (QED) is 0.399. The number of hydrogen-bond acceptors (Lipinski definition) is 2. The fourth-order valence-electron chi connectivity index (χ4n) is 1.06. The van der Waals surface area contributed by atoms with E-state index >= 15 is 0 Å². The Bertz CT molecular complexity index is 317. The Labute approximate surface area is 87.4 Å². The molecule has 0 fully saturated rings. The number of hydrogen-bond donors (Lipinski definition) is 3. The maximum Gasteiger partial charge on any atom is 0.328 e. The fraction of sp³-hybridized carbons (Fsp3) is 0.222. The largest absolute Gasteiger partial charge is 0.337 e. The van der Waals surface area contributed by atoms with E-state index in [1.54, 1.807) is 0 Å². The lowest BCUT2D eigenvalue weighted by Gasteiger charge is -2.05. The molecule has 0 aliphatic rings. The van der Waals surface area contributed by atoms with Gasteiger partial charge in [-0.2, -0.15) is 0 Å². The van der Waals surface area contributed by atoms with Gasteiger partial charge < -0.3 is 5.32 Å². The monoisotopic (exact) mass is 213 g/mol. The molecule has 1 aromatic carbocycles. The second kappa shape index (κ2) is 5.47. The van der Waals surface area contributed by atoms with Crippen LogP contribution >= 0.6 is 11.6 Å². The molecular weight excluding hydrogens is 202 g/mol. The average Bonchev–Trinajstić information content (AvgIpc) is 2.20. The minimum absolute atomic E-state index is 0.392. The van der Waals surface area contributed by atoms with Crippen molar-refractivity contribution in [2.45, 2.75) is 6.42 Å². The lowest BCUT2D eigenvalue weighted by atomic mass is 10.1. The molecule has 0 aliphatic carbocycles. The predicted molar refractivity (Wildman–Crippen MR) is 55.9 cm³/mol. The maximum atomic E-state index is 10.7. The van der Waals surface area contributed by atoms with Crippen molar-refractivity contribution in [2.24, 2.45) is 5.84 Å². The topological polar surface area (TPSA) is 67.1 Å². The van der Waals surface area contributed by atoms with Gasteiger partial charge in [0.2, 0.25) is 0 Å². The summed E-state index contributed by atoms with van der Waals surface area (Å²) >= 11 is 5.92. The summed E-state index contributed by atoms with van der Waals surface area (Å²) < 4.78 is 0. The molecule has 1 aromatic rings. The zero-order chi connectivity index (χ0) is 10.4. The van der Waals surface area contributed by atoms with Gasteiger partial charge in [0.25, 0.3) is 0 Å². The second-order valence-corrected chi connectivity index (χ2v) is 3.15. The van der Waals surface area contributed by atoms with Crippen LogP contribution in [0.5, 0.6) is 0 Å². The Morgan fingerprint density at radius 2 is 2.14 bits per heavy atom. The van der Waals surface area contributed by atoms with E-state index in [1.165, 1.54) is 0 Å². The van der Waals surface area contributed by atoms with Crippen LogP contribution in [0.1, 0.15) is 5.56 Å². The minimum Gasteiger partial charge on any atom is -0.337 e. The first-order valence-electron chi connectivity index (χ1n) is 4.22. The van der Waals surface area contributed by atoms with Crippen molar-refractivity contribution in [2.75, 3.05) is 6.54 Å². The number of hydrazine groups is 1. The molecule has 1 rings (SSSR count). The molecular formula is C9H12ClN3O. The minimum atomic E-state index is -0.392. The molecule has 0 heterocycles. The summed E-state index contributed by atoms with van der Waals surface area (Å²) in [6.07, 6.45) is 0.688. The molecule has 2 amide bonds. The highest BCUT2D eigenvalue weighted by molar-refractivity contribution is 6.31. The molecule has 0 aromatic heterocycles. The number of carbonyl (C=O) groups is 1. The van der Waals surface area contributed by atoms with E-state index in [1.807, 2.05) is 29.7 Å². The number of amides is 2. The van der Waals surface area contributed by atoms with E-state index in [0.29, 0.717) is 18.0 Å². The number of carbonyl (C=O) groups excluding carboxylic acids is 1. The van der Waals surface area contributed by atoms with Gasteiger partial charge in [-0.05, 0) is 18.1 Å². The Balaban J connectivity index is 2.39. The molecule has 0 saturated carbocycles. The highest BCUT2D eigenvalue weighted by Crippen LogP contribution is 2.14. The van der Waals surface area contributed by atoms with Crippen LogP contribution in [0.3, 0.4) is 0 Å². The standard InChI is InChI=1S/C9H12ClN3O/c10-8-4-2-1-3-7(8)5-6-12-9(14)13-11/h1-4H,5-6,11H2,(H2,12,13,14). The molecule has 0 aliphatic heterocycles. The Morgan fingerprint density at radius 3 is 2.79 bits per heavy atom. The molecule has 0 atom stereocenters. The maximum absolute atomic E-state index is 10.7. The van der Waals surface area contributed by atoms with Gasteiger partial charge in [-0.1, -0.05) is 29.8 Å². The summed E-state index contributed by atoms with van der Waals surface area (Å²) in [6, 6.07) is 7.12. The van der Waals surface area contributed by atoms with Crippen molar-refractivity contribution >= 4 is 17.6 Å². The highest BCUT2D eigenvalue weighted by atomic mass is 35.5. The third kappa shape index (κ3) is 3.24. The zero-order valence-corrected chi connectivity index (χ0v) is 8.34. The third-order valence-corrected chi connectivity index (χ3v) is 2.14. The molecule has 14 heavy (non-hydrogen) atoms. The van der Waals surface area contributed by atoms with Gasteiger partial charge in [-0.15, -0.1) is 0 Å². The highest BCUT2D eigenvalue weighted by Gasteiger charge is 1.99. The number of benzene rings is 1. The predicted octanol–water partition coefficient (Wildman–Crippen LogP) is 1.06. The number of urea groups is 1. The van der Waals surface area contributed by atoms with Crippen LogP contribution in [0.2, 0.25) is 5.02 Å². The van der Waals surface area contributed by atoms with E-state index in [-0.39, 0.29) is 0 Å². The van der Waals surface area contributed by atoms with E-state index in [2.05, 4.69) is 5.32 Å². The van der Waals surface area contributed by atoms with Gasteiger partial charge in [0.1, 0.15) is 0 Å². The van der Waals surface area contributed by atoms with Gasteiger partial charge in [-0.25, -0.2) is 10.6 Å². The summed E-state index contributed by atoms with van der Waals surface area (Å²) in [5.41, 5.74) is 2.99. The number of nitrogens with two attached hydrogens (primary N) is 1. The molecule has 0 bridgehead atoms. The van der Waals surface area contributed by atoms with Crippen molar-refractivity contribution in [1.82, 2.24) is 10.7 Å². The molecule has 5 heteroatoms. The van der Waals surface area contributed by atoms with Crippen molar-refractivity contribution in [3.8, 4) is 0 Å². The van der Waals surface area contributed by atoms with Gasteiger partial charge in [0.05, 0.1) is 0 Å². The van der Waals surface area contributed by atoms with Crippen LogP contribution < -0.4 is 16.6 Å². The van der Waals surface area contributed by atoms with Crippen molar-refractivity contribution in [1.29, 1.82) is 0 Å². The van der Waals surface area contributed by atoms with Crippen molar-refractivity contribution in [3.05, 3.63) is 34.9 Å². The second-order valence-electron chi connectivity index (χ2n) is 2.74. The normalized spacial score (nSPS) is 9.57. The number of rotatable bonds is 3. The zero-order valence-electron chi connectivity index (χ0n) is 7.59. The van der Waals surface area contributed by atoms with Crippen LogP contribution in [0, 0.1) is 0 Å². The van der Waals surface area contributed by atoms with Crippen molar-refractivity contribution < 1.29 is 4.79 Å². The summed E-state index contributed by atoms with van der Waals surface area (Å²) in [5.74, 6) is 4.89. The van der Waals surface area contributed by atoms with Gasteiger partial charge in [0, 0.05) is 11.6 Å². The molecule has 0 radical (unpaired) electrons. The average molecular weight is 214 g/mol. The summed E-state index contributed by atoms with van der Waals surface area (Å²) in [4.78, 5) is 10.7. The smallest absolute Gasteiger partial charge is 0.328 e. The summed E-state index contributed by atoms with van der Waals surface area (Å²) in [6.45, 7) is 0.507. The number of halogens is 1. The molecule has 76 valence electrons. The summed E-state index contributed by atoms with van der Waals surface area (Å²) in [5, 5.41) is 3.28. The molecule has 4 N–H and O–H groups in total. The van der Waals surface area contributed by atoms with Gasteiger partial charge >= 0.3 is 6.03 Å². The van der Waals surface area contributed by atoms with Crippen LogP contribution in [-0.4, -0.2) is 12.6 Å². The molecule has 0 spiro atoms. The third-order valence-electron chi connectivity index (χ3n) is 1.77. The molecule has 0 unspecified atom stereocenters.